The Labute approximate surface area is 81.5 Å². The predicted octanol–water partition coefficient (Wildman–Crippen LogP) is 1.61. The normalized spacial score (nSPS) is 10.0. The van der Waals surface area contributed by atoms with Gasteiger partial charge in [0.05, 0.1) is 6.61 Å². The van der Waals surface area contributed by atoms with Crippen LogP contribution >= 0.6 is 12.2 Å². The third-order valence-electron chi connectivity index (χ3n) is 1.63. The zero-order chi connectivity index (χ0) is 9.84. The summed E-state index contributed by atoms with van der Waals surface area (Å²) < 4.78 is 17.9. The van der Waals surface area contributed by atoms with Gasteiger partial charge >= 0.3 is 0 Å². The van der Waals surface area contributed by atoms with Crippen molar-refractivity contribution in [1.29, 1.82) is 0 Å². The van der Waals surface area contributed by atoms with Crippen LogP contribution in [0.2, 0.25) is 0 Å². The van der Waals surface area contributed by atoms with E-state index in [1.165, 1.54) is 13.2 Å². The van der Waals surface area contributed by atoms with E-state index in [9.17, 15) is 4.39 Å². The van der Waals surface area contributed by atoms with Crippen molar-refractivity contribution in [1.82, 2.24) is 0 Å². The quantitative estimate of drug-likeness (QED) is 0.751. The van der Waals surface area contributed by atoms with Crippen LogP contribution in [0, 0.1) is 5.82 Å². The minimum atomic E-state index is -0.304. The molecule has 0 aliphatic rings. The fourth-order valence-corrected chi connectivity index (χ4v) is 1.12. The molecule has 0 bridgehead atoms. The second-order valence-electron chi connectivity index (χ2n) is 2.60. The van der Waals surface area contributed by atoms with Crippen molar-refractivity contribution in [2.45, 2.75) is 6.61 Å². The van der Waals surface area contributed by atoms with E-state index in [0.29, 0.717) is 11.1 Å². The first-order valence-electron chi connectivity index (χ1n) is 3.72. The number of ether oxygens (including phenoxy) is 1. The minimum Gasteiger partial charge on any atom is -0.389 e. The molecule has 0 saturated heterocycles. The maximum Gasteiger partial charge on any atom is 0.128 e. The maximum absolute atomic E-state index is 13.1. The molecule has 0 radical (unpaired) electrons. The molecule has 1 aromatic rings. The van der Waals surface area contributed by atoms with Gasteiger partial charge in [-0.25, -0.2) is 4.39 Å². The van der Waals surface area contributed by atoms with Gasteiger partial charge in [-0.3, -0.25) is 0 Å². The van der Waals surface area contributed by atoms with E-state index in [0.717, 1.165) is 0 Å². The monoisotopic (exact) mass is 199 g/mol. The first-order valence-corrected chi connectivity index (χ1v) is 4.13. The first kappa shape index (κ1) is 10.1. The molecule has 13 heavy (non-hydrogen) atoms. The van der Waals surface area contributed by atoms with E-state index < -0.39 is 0 Å². The van der Waals surface area contributed by atoms with Gasteiger partial charge in [0.1, 0.15) is 10.8 Å². The smallest absolute Gasteiger partial charge is 0.128 e. The molecule has 0 amide bonds. The Morgan fingerprint density at radius 3 is 2.85 bits per heavy atom. The van der Waals surface area contributed by atoms with Crippen LogP contribution in [0.15, 0.2) is 18.2 Å². The third kappa shape index (κ3) is 2.47. The van der Waals surface area contributed by atoms with Crippen LogP contribution in [0.3, 0.4) is 0 Å². The molecule has 1 rings (SSSR count). The third-order valence-corrected chi connectivity index (χ3v) is 1.87. The Morgan fingerprint density at radius 1 is 1.62 bits per heavy atom. The van der Waals surface area contributed by atoms with Gasteiger partial charge in [-0.2, -0.15) is 0 Å². The highest BCUT2D eigenvalue weighted by atomic mass is 32.1. The topological polar surface area (TPSA) is 35.2 Å². The standard InChI is InChI=1S/C9H10FNOS/c1-12-5-7-4-6(9(11)13)2-3-8(7)10/h2-4H,5H2,1H3,(H2,11,13). The van der Waals surface area contributed by atoms with Crippen LogP contribution in [0.25, 0.3) is 0 Å². The number of thiocarbonyl (C=S) groups is 1. The zero-order valence-electron chi connectivity index (χ0n) is 7.21. The molecule has 0 spiro atoms. The summed E-state index contributed by atoms with van der Waals surface area (Å²) in [5, 5.41) is 0. The van der Waals surface area contributed by atoms with E-state index in [2.05, 4.69) is 0 Å². The molecule has 4 heteroatoms. The fourth-order valence-electron chi connectivity index (χ4n) is 0.994. The molecule has 0 aliphatic heterocycles. The largest absolute Gasteiger partial charge is 0.389 e. The number of nitrogens with two attached hydrogens (primary N) is 1. The van der Waals surface area contributed by atoms with Crippen molar-refractivity contribution in [3.05, 3.63) is 35.1 Å². The molecule has 0 heterocycles. The lowest BCUT2D eigenvalue weighted by molar-refractivity contribution is 0.181. The molecule has 0 atom stereocenters. The Balaban J connectivity index is 3.03. The average Bonchev–Trinajstić information content (AvgIpc) is 2.08. The number of halogens is 1. The summed E-state index contributed by atoms with van der Waals surface area (Å²) in [6.07, 6.45) is 0. The second-order valence-corrected chi connectivity index (χ2v) is 3.04. The van der Waals surface area contributed by atoms with Crippen LogP contribution < -0.4 is 5.73 Å². The number of benzene rings is 1. The molecule has 70 valence electrons. The zero-order valence-corrected chi connectivity index (χ0v) is 8.03. The van der Waals surface area contributed by atoms with Crippen molar-refractivity contribution in [3.63, 3.8) is 0 Å². The Hall–Kier alpha value is -1.00. The van der Waals surface area contributed by atoms with Crippen LogP contribution in [0.1, 0.15) is 11.1 Å². The van der Waals surface area contributed by atoms with Crippen LogP contribution in [0.4, 0.5) is 4.39 Å². The van der Waals surface area contributed by atoms with Crippen molar-refractivity contribution < 1.29 is 9.13 Å². The molecular weight excluding hydrogens is 189 g/mol. The molecular formula is C9H10FNOS. The van der Waals surface area contributed by atoms with Crippen LogP contribution in [-0.4, -0.2) is 12.1 Å². The summed E-state index contributed by atoms with van der Waals surface area (Å²) in [6.45, 7) is 0.224. The van der Waals surface area contributed by atoms with Gasteiger partial charge in [0.25, 0.3) is 0 Å². The number of methoxy groups -OCH3 is 1. The number of rotatable bonds is 3. The lowest BCUT2D eigenvalue weighted by Gasteiger charge is -2.04. The second kappa shape index (κ2) is 4.30. The van der Waals surface area contributed by atoms with Gasteiger partial charge in [0, 0.05) is 18.2 Å². The maximum atomic E-state index is 13.1. The van der Waals surface area contributed by atoms with Gasteiger partial charge in [-0.1, -0.05) is 12.2 Å². The SMILES string of the molecule is COCc1cc(C(N)=S)ccc1F. The summed E-state index contributed by atoms with van der Waals surface area (Å²) in [5.41, 5.74) is 6.52. The highest BCUT2D eigenvalue weighted by Crippen LogP contribution is 2.11. The first-order chi connectivity index (χ1) is 6.15. The van der Waals surface area contributed by atoms with Crippen LogP contribution in [-0.2, 0) is 11.3 Å². The summed E-state index contributed by atoms with van der Waals surface area (Å²) in [6, 6.07) is 4.49. The van der Waals surface area contributed by atoms with E-state index in [4.69, 9.17) is 22.7 Å². The highest BCUT2D eigenvalue weighted by molar-refractivity contribution is 7.80. The van der Waals surface area contributed by atoms with Gasteiger partial charge in [-0.05, 0) is 18.2 Å². The van der Waals surface area contributed by atoms with E-state index in [1.54, 1.807) is 12.1 Å². The molecule has 0 saturated carbocycles. The summed E-state index contributed by atoms with van der Waals surface area (Å²) in [5.74, 6) is -0.304. The number of hydrogen-bond acceptors (Lipinski definition) is 2. The van der Waals surface area contributed by atoms with Gasteiger partial charge in [-0.15, -0.1) is 0 Å². The lowest BCUT2D eigenvalue weighted by atomic mass is 10.1. The average molecular weight is 199 g/mol. The predicted molar refractivity (Wildman–Crippen MR) is 53.0 cm³/mol. The lowest BCUT2D eigenvalue weighted by Crippen LogP contribution is -2.10. The summed E-state index contributed by atoms with van der Waals surface area (Å²) in [4.78, 5) is 0.261. The molecule has 2 nitrogen and oxygen atoms in total. The van der Waals surface area contributed by atoms with Gasteiger partial charge < -0.3 is 10.5 Å². The minimum absolute atomic E-state index is 0.224. The molecule has 0 fully saturated rings. The van der Waals surface area contributed by atoms with Gasteiger partial charge in [0.15, 0.2) is 0 Å². The van der Waals surface area contributed by atoms with Crippen molar-refractivity contribution in [2.75, 3.05) is 7.11 Å². The van der Waals surface area contributed by atoms with Crippen molar-refractivity contribution in [3.8, 4) is 0 Å². The van der Waals surface area contributed by atoms with Crippen molar-refractivity contribution in [2.24, 2.45) is 5.73 Å². The Kier molecular flexibility index (Phi) is 3.33. The summed E-state index contributed by atoms with van der Waals surface area (Å²) >= 11 is 4.76. The Morgan fingerprint density at radius 2 is 2.31 bits per heavy atom. The molecule has 0 unspecified atom stereocenters. The Bertz CT molecular complexity index is 327. The highest BCUT2D eigenvalue weighted by Gasteiger charge is 2.04. The fraction of sp³-hybridized carbons (Fsp3) is 0.222. The van der Waals surface area contributed by atoms with Crippen molar-refractivity contribution >= 4 is 17.2 Å². The van der Waals surface area contributed by atoms with Crippen LogP contribution in [0.5, 0.6) is 0 Å². The molecule has 1 aromatic carbocycles. The number of hydrogen-bond donors (Lipinski definition) is 1. The molecule has 0 aliphatic carbocycles. The van der Waals surface area contributed by atoms with Gasteiger partial charge in [0.2, 0.25) is 0 Å². The molecule has 0 aromatic heterocycles. The van der Waals surface area contributed by atoms with E-state index >= 15 is 0 Å². The molecule has 2 N–H and O–H groups in total. The van der Waals surface area contributed by atoms with E-state index in [-0.39, 0.29) is 17.4 Å². The summed E-state index contributed by atoms with van der Waals surface area (Å²) in [7, 11) is 1.51. The van der Waals surface area contributed by atoms with E-state index in [1.807, 2.05) is 0 Å².